The first kappa shape index (κ1) is 21.2. The van der Waals surface area contributed by atoms with E-state index < -0.39 is 0 Å². The molecular weight excluding hydrogens is 389 g/mol. The van der Waals surface area contributed by atoms with Crippen molar-refractivity contribution in [3.05, 3.63) is 35.9 Å². The number of nitrogens with one attached hydrogen (secondary N) is 2. The van der Waals surface area contributed by atoms with E-state index in [0.29, 0.717) is 19.2 Å². The van der Waals surface area contributed by atoms with E-state index in [1.54, 1.807) is 0 Å². The Morgan fingerprint density at radius 2 is 1.95 bits per heavy atom. The number of halogens is 1. The summed E-state index contributed by atoms with van der Waals surface area (Å²) in [6, 6.07) is 11.0. The number of hydrogen-bond donors (Lipinski definition) is 2. The Hall–Kier alpha value is -0.820. The number of aliphatic imine (C=N–C) groups is 1. The van der Waals surface area contributed by atoms with E-state index in [1.807, 2.05) is 6.92 Å². The Morgan fingerprint density at radius 3 is 2.59 bits per heavy atom. The number of rotatable bonds is 9. The largest absolute Gasteiger partial charge is 0.380 e. The molecule has 1 rings (SSSR count). The first-order valence-electron chi connectivity index (χ1n) is 7.92. The molecule has 0 saturated heterocycles. The van der Waals surface area contributed by atoms with Crippen LogP contribution in [0.2, 0.25) is 0 Å². The highest BCUT2D eigenvalue weighted by molar-refractivity contribution is 14.0. The lowest BCUT2D eigenvalue weighted by Gasteiger charge is -2.17. The van der Waals surface area contributed by atoms with Crippen LogP contribution in [0.25, 0.3) is 0 Å². The average Bonchev–Trinajstić information content (AvgIpc) is 2.51. The molecule has 0 bridgehead atoms. The van der Waals surface area contributed by atoms with Crippen molar-refractivity contribution in [2.24, 2.45) is 4.99 Å². The van der Waals surface area contributed by atoms with Gasteiger partial charge in [-0.05, 0) is 39.2 Å². The summed E-state index contributed by atoms with van der Waals surface area (Å²) >= 11 is 0. The Kier molecular flexibility index (Phi) is 13.3. The molecule has 0 fully saturated rings. The summed E-state index contributed by atoms with van der Waals surface area (Å²) in [4.78, 5) is 4.52. The third kappa shape index (κ3) is 10.00. The number of nitrogens with zero attached hydrogens (tertiary/aromatic N) is 1. The van der Waals surface area contributed by atoms with Crippen molar-refractivity contribution < 1.29 is 4.74 Å². The summed E-state index contributed by atoms with van der Waals surface area (Å²) in [7, 11) is 0. The Bertz CT molecular complexity index is 398. The van der Waals surface area contributed by atoms with Crippen LogP contribution in [0.3, 0.4) is 0 Å². The van der Waals surface area contributed by atoms with Gasteiger partial charge in [0, 0.05) is 19.2 Å². The first-order chi connectivity index (χ1) is 10.3. The smallest absolute Gasteiger partial charge is 0.191 e. The number of ether oxygens (including phenoxy) is 1. The standard InChI is InChI=1S/C17H29N3O.HI/c1-4-18-17(19-13-14-21-5-2)20-15(3)11-12-16-9-7-6-8-10-16;/h6-10,15H,4-5,11-14H2,1-3H3,(H2,18,19,20);1H. The van der Waals surface area contributed by atoms with Gasteiger partial charge >= 0.3 is 0 Å². The van der Waals surface area contributed by atoms with Crippen molar-refractivity contribution in [2.75, 3.05) is 26.3 Å². The summed E-state index contributed by atoms with van der Waals surface area (Å²) in [5, 5.41) is 6.72. The van der Waals surface area contributed by atoms with Crippen LogP contribution in [-0.2, 0) is 11.2 Å². The third-order valence-electron chi connectivity index (χ3n) is 3.15. The van der Waals surface area contributed by atoms with Gasteiger partial charge in [-0.1, -0.05) is 30.3 Å². The topological polar surface area (TPSA) is 45.7 Å². The lowest BCUT2D eigenvalue weighted by molar-refractivity contribution is 0.155. The summed E-state index contributed by atoms with van der Waals surface area (Å²) in [5.74, 6) is 0.873. The molecule has 0 aromatic heterocycles. The Labute approximate surface area is 152 Å². The van der Waals surface area contributed by atoms with E-state index in [0.717, 1.165) is 32.0 Å². The van der Waals surface area contributed by atoms with Crippen LogP contribution in [0.4, 0.5) is 0 Å². The molecule has 0 radical (unpaired) electrons. The van der Waals surface area contributed by atoms with E-state index in [-0.39, 0.29) is 24.0 Å². The Balaban J connectivity index is 0.00000441. The summed E-state index contributed by atoms with van der Waals surface area (Å²) in [6.45, 7) is 9.24. The summed E-state index contributed by atoms with van der Waals surface area (Å²) < 4.78 is 5.31. The van der Waals surface area contributed by atoms with Crippen molar-refractivity contribution in [3.8, 4) is 0 Å². The number of aryl methyl sites for hydroxylation is 1. The van der Waals surface area contributed by atoms with Gasteiger partial charge in [0.15, 0.2) is 5.96 Å². The second-order valence-electron chi connectivity index (χ2n) is 5.03. The molecule has 1 unspecified atom stereocenters. The van der Waals surface area contributed by atoms with Crippen LogP contribution in [0, 0.1) is 0 Å². The van der Waals surface area contributed by atoms with Crippen LogP contribution in [0.15, 0.2) is 35.3 Å². The second-order valence-corrected chi connectivity index (χ2v) is 5.03. The fourth-order valence-corrected chi connectivity index (χ4v) is 2.02. The van der Waals surface area contributed by atoms with E-state index >= 15 is 0 Å². The summed E-state index contributed by atoms with van der Waals surface area (Å²) in [6.07, 6.45) is 2.16. The number of benzene rings is 1. The molecular formula is C17H30IN3O. The van der Waals surface area contributed by atoms with Gasteiger partial charge < -0.3 is 15.4 Å². The molecule has 0 heterocycles. The molecule has 0 amide bonds. The van der Waals surface area contributed by atoms with Crippen molar-refractivity contribution in [1.82, 2.24) is 10.6 Å². The number of guanidine groups is 1. The van der Waals surface area contributed by atoms with E-state index in [1.165, 1.54) is 5.56 Å². The van der Waals surface area contributed by atoms with E-state index in [2.05, 4.69) is 59.8 Å². The molecule has 1 aromatic carbocycles. The van der Waals surface area contributed by atoms with Gasteiger partial charge in [0.25, 0.3) is 0 Å². The fraction of sp³-hybridized carbons (Fsp3) is 0.588. The first-order valence-corrected chi connectivity index (χ1v) is 7.92. The SMILES string of the molecule is CCNC(=NCCOCC)NC(C)CCc1ccccc1.I. The van der Waals surface area contributed by atoms with Crippen LogP contribution in [0.1, 0.15) is 32.8 Å². The van der Waals surface area contributed by atoms with Crippen LogP contribution in [0.5, 0.6) is 0 Å². The fourth-order valence-electron chi connectivity index (χ4n) is 2.02. The molecule has 1 atom stereocenters. The van der Waals surface area contributed by atoms with Gasteiger partial charge in [-0.15, -0.1) is 24.0 Å². The predicted octanol–water partition coefficient (Wildman–Crippen LogP) is 3.22. The molecule has 0 saturated carbocycles. The zero-order valence-corrected chi connectivity index (χ0v) is 16.3. The highest BCUT2D eigenvalue weighted by Crippen LogP contribution is 2.04. The zero-order valence-electron chi connectivity index (χ0n) is 14.0. The van der Waals surface area contributed by atoms with Gasteiger partial charge in [-0.3, -0.25) is 4.99 Å². The van der Waals surface area contributed by atoms with Crippen molar-refractivity contribution >= 4 is 29.9 Å². The minimum absolute atomic E-state index is 0. The minimum Gasteiger partial charge on any atom is -0.380 e. The van der Waals surface area contributed by atoms with Gasteiger partial charge in [0.2, 0.25) is 0 Å². The van der Waals surface area contributed by atoms with Crippen molar-refractivity contribution in [2.45, 2.75) is 39.7 Å². The maximum atomic E-state index is 5.31. The van der Waals surface area contributed by atoms with Crippen LogP contribution >= 0.6 is 24.0 Å². The summed E-state index contributed by atoms with van der Waals surface area (Å²) in [5.41, 5.74) is 1.38. The third-order valence-corrected chi connectivity index (χ3v) is 3.15. The predicted molar refractivity (Wildman–Crippen MR) is 105 cm³/mol. The van der Waals surface area contributed by atoms with Gasteiger partial charge in [0.1, 0.15) is 0 Å². The molecule has 0 aliphatic rings. The maximum Gasteiger partial charge on any atom is 0.191 e. The van der Waals surface area contributed by atoms with Crippen molar-refractivity contribution in [3.63, 3.8) is 0 Å². The van der Waals surface area contributed by atoms with E-state index in [4.69, 9.17) is 4.74 Å². The quantitative estimate of drug-likeness (QED) is 0.280. The van der Waals surface area contributed by atoms with Crippen molar-refractivity contribution in [1.29, 1.82) is 0 Å². The molecule has 0 spiro atoms. The molecule has 0 aliphatic carbocycles. The van der Waals surface area contributed by atoms with Gasteiger partial charge in [-0.25, -0.2) is 0 Å². The number of hydrogen-bond acceptors (Lipinski definition) is 2. The monoisotopic (exact) mass is 419 g/mol. The molecule has 2 N–H and O–H groups in total. The molecule has 22 heavy (non-hydrogen) atoms. The normalized spacial score (nSPS) is 12.4. The maximum absolute atomic E-state index is 5.31. The zero-order chi connectivity index (χ0) is 15.3. The van der Waals surface area contributed by atoms with Crippen LogP contribution in [-0.4, -0.2) is 38.3 Å². The molecule has 0 aliphatic heterocycles. The highest BCUT2D eigenvalue weighted by Gasteiger charge is 2.05. The average molecular weight is 419 g/mol. The molecule has 5 heteroatoms. The molecule has 4 nitrogen and oxygen atoms in total. The molecule has 1 aromatic rings. The lowest BCUT2D eigenvalue weighted by Crippen LogP contribution is -2.42. The lowest BCUT2D eigenvalue weighted by atomic mass is 10.1. The van der Waals surface area contributed by atoms with Gasteiger partial charge in [0.05, 0.1) is 13.2 Å². The van der Waals surface area contributed by atoms with Crippen LogP contribution < -0.4 is 10.6 Å². The second kappa shape index (κ2) is 13.8. The van der Waals surface area contributed by atoms with E-state index in [9.17, 15) is 0 Å². The highest BCUT2D eigenvalue weighted by atomic mass is 127. The molecule has 126 valence electrons. The Morgan fingerprint density at radius 1 is 1.23 bits per heavy atom. The minimum atomic E-state index is 0. The van der Waals surface area contributed by atoms with Gasteiger partial charge in [-0.2, -0.15) is 0 Å².